The summed E-state index contributed by atoms with van der Waals surface area (Å²) in [5, 5.41) is 0. The first-order valence-electron chi connectivity index (χ1n) is 8.65. The molecule has 0 aromatic heterocycles. The monoisotopic (exact) mass is 327 g/mol. The molecular formula is C17H29NO3S. The molecule has 0 spiro atoms. The molecule has 0 unspecified atom stereocenters. The van der Waals surface area contributed by atoms with Crippen molar-refractivity contribution in [2.45, 2.75) is 65.8 Å². The van der Waals surface area contributed by atoms with Crippen LogP contribution in [0.1, 0.15) is 59.8 Å². The number of hydrogen-bond acceptors (Lipinski definition) is 3. The van der Waals surface area contributed by atoms with Crippen LogP contribution in [0.15, 0.2) is 0 Å². The van der Waals surface area contributed by atoms with Crippen molar-refractivity contribution in [1.29, 1.82) is 0 Å². The van der Waals surface area contributed by atoms with Gasteiger partial charge in [0.05, 0.1) is 5.75 Å². The summed E-state index contributed by atoms with van der Waals surface area (Å²) in [7, 11) is -3.37. The van der Waals surface area contributed by atoms with E-state index in [0.29, 0.717) is 24.8 Å². The van der Waals surface area contributed by atoms with Crippen LogP contribution < -0.4 is 0 Å². The molecule has 0 amide bonds. The number of carbonyl (C=O) groups is 1. The van der Waals surface area contributed by atoms with Crippen molar-refractivity contribution in [3.63, 3.8) is 0 Å². The van der Waals surface area contributed by atoms with Crippen LogP contribution in [0.5, 0.6) is 0 Å². The first kappa shape index (κ1) is 16.4. The van der Waals surface area contributed by atoms with E-state index in [4.69, 9.17) is 0 Å². The Labute approximate surface area is 134 Å². The molecule has 3 aliphatic rings. The number of hydrogen-bond donors (Lipinski definition) is 0. The second kappa shape index (κ2) is 5.04. The molecule has 3 fully saturated rings. The fourth-order valence-corrected chi connectivity index (χ4v) is 7.91. The van der Waals surface area contributed by atoms with E-state index >= 15 is 0 Å². The van der Waals surface area contributed by atoms with Crippen molar-refractivity contribution in [3.8, 4) is 0 Å². The van der Waals surface area contributed by atoms with Crippen molar-refractivity contribution in [2.24, 2.45) is 22.7 Å². The van der Waals surface area contributed by atoms with Gasteiger partial charge in [0.25, 0.3) is 0 Å². The standard InChI is InChI=1S/C17H29NO3S/c1-12(2)14-6-5-9-18(14)22(20,21)11-17-8-7-13(10-15(17)19)16(17,3)4/h12-14H,5-11H2,1-4H3/t13-,14-,17-/m0/s1. The lowest BCUT2D eigenvalue weighted by Crippen LogP contribution is -2.48. The maximum atomic E-state index is 13.1. The third-order valence-electron chi connectivity index (χ3n) is 6.94. The highest BCUT2D eigenvalue weighted by molar-refractivity contribution is 7.89. The lowest BCUT2D eigenvalue weighted by molar-refractivity contribution is -0.128. The van der Waals surface area contributed by atoms with E-state index in [1.165, 1.54) is 0 Å². The van der Waals surface area contributed by atoms with Gasteiger partial charge in [-0.2, -0.15) is 4.31 Å². The zero-order chi connectivity index (χ0) is 16.3. The van der Waals surface area contributed by atoms with Crippen molar-refractivity contribution >= 4 is 15.8 Å². The zero-order valence-electron chi connectivity index (χ0n) is 14.3. The largest absolute Gasteiger partial charge is 0.299 e. The van der Waals surface area contributed by atoms with Crippen LogP contribution in [-0.4, -0.2) is 36.8 Å². The van der Waals surface area contributed by atoms with Crippen LogP contribution in [0.25, 0.3) is 0 Å². The summed E-state index contributed by atoms with van der Waals surface area (Å²) in [6, 6.07) is 0.109. The van der Waals surface area contributed by atoms with Crippen LogP contribution in [0.2, 0.25) is 0 Å². The minimum absolute atomic E-state index is 0.0333. The quantitative estimate of drug-likeness (QED) is 0.798. The zero-order valence-corrected chi connectivity index (χ0v) is 15.1. The first-order valence-corrected chi connectivity index (χ1v) is 10.3. The molecule has 1 heterocycles. The number of rotatable bonds is 4. The second-order valence-corrected chi connectivity index (χ2v) is 10.4. The van der Waals surface area contributed by atoms with Gasteiger partial charge in [-0.15, -0.1) is 0 Å². The average Bonchev–Trinajstić information content (AvgIpc) is 3.02. The van der Waals surface area contributed by atoms with Gasteiger partial charge in [0, 0.05) is 24.4 Å². The lowest BCUT2D eigenvalue weighted by Gasteiger charge is -2.38. The Morgan fingerprint density at radius 3 is 2.45 bits per heavy atom. The SMILES string of the molecule is CC(C)[C@@H]1CCCN1S(=O)(=O)C[C@@]12CC[C@@H](CC1=O)C2(C)C. The summed E-state index contributed by atoms with van der Waals surface area (Å²) in [5.74, 6) is 0.927. The van der Waals surface area contributed by atoms with Gasteiger partial charge < -0.3 is 0 Å². The Balaban J connectivity index is 1.90. The van der Waals surface area contributed by atoms with Gasteiger partial charge in [0.1, 0.15) is 5.78 Å². The van der Waals surface area contributed by atoms with Crippen molar-refractivity contribution in [3.05, 3.63) is 0 Å². The Morgan fingerprint density at radius 2 is 1.95 bits per heavy atom. The Bertz CT molecular complexity index is 581. The Hall–Kier alpha value is -0.420. The summed E-state index contributed by atoms with van der Waals surface area (Å²) in [6.07, 6.45) is 4.22. The second-order valence-electron chi connectivity index (χ2n) is 8.49. The summed E-state index contributed by atoms with van der Waals surface area (Å²) < 4.78 is 27.9. The molecule has 0 aromatic carbocycles. The van der Waals surface area contributed by atoms with Gasteiger partial charge in [0.2, 0.25) is 10.0 Å². The van der Waals surface area contributed by atoms with Crippen molar-refractivity contribution in [2.75, 3.05) is 12.3 Å². The Morgan fingerprint density at radius 1 is 1.27 bits per heavy atom. The maximum Gasteiger partial charge on any atom is 0.215 e. The van der Waals surface area contributed by atoms with Crippen molar-refractivity contribution in [1.82, 2.24) is 4.31 Å². The molecule has 4 nitrogen and oxygen atoms in total. The van der Waals surface area contributed by atoms with Crippen LogP contribution in [-0.2, 0) is 14.8 Å². The van der Waals surface area contributed by atoms with E-state index in [2.05, 4.69) is 27.7 Å². The van der Waals surface area contributed by atoms with E-state index in [1.807, 2.05) is 0 Å². The van der Waals surface area contributed by atoms with E-state index < -0.39 is 15.4 Å². The molecule has 2 bridgehead atoms. The number of fused-ring (bicyclic) bond motifs is 2. The number of nitrogens with zero attached hydrogens (tertiary/aromatic N) is 1. The normalized spacial score (nSPS) is 38.3. The molecule has 2 saturated carbocycles. The first-order chi connectivity index (χ1) is 10.1. The summed E-state index contributed by atoms with van der Waals surface area (Å²) in [6.45, 7) is 9.02. The number of carbonyl (C=O) groups excluding carboxylic acids is 1. The van der Waals surface area contributed by atoms with Gasteiger partial charge in [0.15, 0.2) is 0 Å². The molecule has 0 N–H and O–H groups in total. The van der Waals surface area contributed by atoms with E-state index in [9.17, 15) is 13.2 Å². The molecular weight excluding hydrogens is 298 g/mol. The van der Waals surface area contributed by atoms with Crippen LogP contribution in [0, 0.1) is 22.7 Å². The van der Waals surface area contributed by atoms with E-state index in [1.54, 1.807) is 4.31 Å². The van der Waals surface area contributed by atoms with Gasteiger partial charge in [-0.1, -0.05) is 27.7 Å². The highest BCUT2D eigenvalue weighted by Crippen LogP contribution is 2.64. The predicted molar refractivity (Wildman–Crippen MR) is 86.9 cm³/mol. The molecule has 0 radical (unpaired) electrons. The molecule has 0 aromatic rings. The third-order valence-corrected chi connectivity index (χ3v) is 8.97. The minimum Gasteiger partial charge on any atom is -0.299 e. The maximum absolute atomic E-state index is 13.1. The van der Waals surface area contributed by atoms with Gasteiger partial charge in [-0.25, -0.2) is 8.42 Å². The molecule has 3 rings (SSSR count). The molecule has 5 heteroatoms. The number of Topliss-reactive ketones (excluding diaryl/α,β-unsaturated/α-hetero) is 1. The predicted octanol–water partition coefficient (Wildman–Crippen LogP) is 2.83. The van der Waals surface area contributed by atoms with E-state index in [-0.39, 0.29) is 23.0 Å². The van der Waals surface area contributed by atoms with Crippen LogP contribution in [0.4, 0.5) is 0 Å². The molecule has 2 aliphatic carbocycles. The summed E-state index contributed by atoms with van der Waals surface area (Å²) in [5.41, 5.74) is -0.815. The highest BCUT2D eigenvalue weighted by Gasteiger charge is 2.65. The van der Waals surface area contributed by atoms with Gasteiger partial charge in [-0.3, -0.25) is 4.79 Å². The van der Waals surface area contributed by atoms with Crippen LogP contribution >= 0.6 is 0 Å². The summed E-state index contributed by atoms with van der Waals surface area (Å²) in [4.78, 5) is 12.6. The molecule has 1 saturated heterocycles. The minimum atomic E-state index is -3.37. The van der Waals surface area contributed by atoms with Crippen LogP contribution in [0.3, 0.4) is 0 Å². The topological polar surface area (TPSA) is 54.5 Å². The molecule has 1 aliphatic heterocycles. The molecule has 22 heavy (non-hydrogen) atoms. The van der Waals surface area contributed by atoms with Gasteiger partial charge in [-0.05, 0) is 42.9 Å². The highest BCUT2D eigenvalue weighted by atomic mass is 32.2. The fourth-order valence-electron chi connectivity index (χ4n) is 5.28. The van der Waals surface area contributed by atoms with Gasteiger partial charge >= 0.3 is 0 Å². The molecule has 126 valence electrons. The smallest absolute Gasteiger partial charge is 0.215 e. The number of ketones is 1. The lowest BCUT2D eigenvalue weighted by atomic mass is 9.70. The van der Waals surface area contributed by atoms with Crippen molar-refractivity contribution < 1.29 is 13.2 Å². The average molecular weight is 327 g/mol. The third kappa shape index (κ3) is 2.11. The molecule has 3 atom stereocenters. The Kier molecular flexibility index (Phi) is 3.76. The number of sulfonamides is 1. The van der Waals surface area contributed by atoms with E-state index in [0.717, 1.165) is 25.7 Å². The fraction of sp³-hybridized carbons (Fsp3) is 0.941. The summed E-state index contributed by atoms with van der Waals surface area (Å²) >= 11 is 0.